The lowest BCUT2D eigenvalue weighted by atomic mass is 10.2. The smallest absolute Gasteiger partial charge is 0.191 e. The van der Waals surface area contributed by atoms with Gasteiger partial charge in [0.25, 0.3) is 0 Å². The van der Waals surface area contributed by atoms with Gasteiger partial charge in [0, 0.05) is 56.6 Å². The molecule has 2 aromatic carbocycles. The van der Waals surface area contributed by atoms with Gasteiger partial charge in [-0.1, -0.05) is 17.7 Å². The summed E-state index contributed by atoms with van der Waals surface area (Å²) in [5.41, 5.74) is 1.95. The molecule has 29 heavy (non-hydrogen) atoms. The number of benzene rings is 2. The first-order chi connectivity index (χ1) is 14.0. The van der Waals surface area contributed by atoms with Gasteiger partial charge in [-0.2, -0.15) is 0 Å². The maximum absolute atomic E-state index is 13.3. The van der Waals surface area contributed by atoms with E-state index in [1.807, 2.05) is 18.2 Å². The molecule has 0 radical (unpaired) electrons. The third kappa shape index (κ3) is 5.44. The van der Waals surface area contributed by atoms with E-state index in [9.17, 15) is 4.39 Å². The number of nitrogens with one attached hydrogen (secondary N) is 2. The highest BCUT2D eigenvalue weighted by Gasteiger charge is 2.24. The molecule has 2 aromatic rings. The van der Waals surface area contributed by atoms with Crippen molar-refractivity contribution in [2.45, 2.75) is 19.0 Å². The van der Waals surface area contributed by atoms with E-state index >= 15 is 0 Å². The molecular formula is C21H26ClFN4O2. The summed E-state index contributed by atoms with van der Waals surface area (Å²) in [6.07, 6.45) is 0.975. The first-order valence-electron chi connectivity index (χ1n) is 9.41. The van der Waals surface area contributed by atoms with Crippen molar-refractivity contribution in [3.05, 3.63) is 52.8 Å². The normalized spacial score (nSPS) is 16.7. The number of methoxy groups -OCH3 is 2. The summed E-state index contributed by atoms with van der Waals surface area (Å²) in [5, 5.41) is 6.81. The van der Waals surface area contributed by atoms with E-state index in [-0.39, 0.29) is 11.1 Å². The Morgan fingerprint density at radius 3 is 2.55 bits per heavy atom. The highest BCUT2D eigenvalue weighted by atomic mass is 35.5. The molecule has 0 amide bonds. The Morgan fingerprint density at radius 2 is 1.93 bits per heavy atom. The van der Waals surface area contributed by atoms with Crippen LogP contribution in [0, 0.1) is 5.82 Å². The van der Waals surface area contributed by atoms with Crippen LogP contribution in [0.5, 0.6) is 11.5 Å². The highest BCUT2D eigenvalue weighted by Crippen LogP contribution is 2.30. The zero-order valence-corrected chi connectivity index (χ0v) is 17.6. The minimum Gasteiger partial charge on any atom is -0.497 e. The molecule has 156 valence electrons. The SMILES string of the molecule is CN=C(NCc1ccc(F)c(Cl)c1)NC1CCN(c2cc(OC)cc(OC)c2)C1. The van der Waals surface area contributed by atoms with E-state index in [2.05, 4.69) is 20.5 Å². The fourth-order valence-corrected chi connectivity index (χ4v) is 3.51. The first-order valence-corrected chi connectivity index (χ1v) is 9.79. The van der Waals surface area contributed by atoms with E-state index in [4.69, 9.17) is 21.1 Å². The van der Waals surface area contributed by atoms with E-state index in [0.29, 0.717) is 12.5 Å². The van der Waals surface area contributed by atoms with Crippen molar-refractivity contribution in [1.29, 1.82) is 0 Å². The van der Waals surface area contributed by atoms with E-state index < -0.39 is 5.82 Å². The number of hydrogen-bond acceptors (Lipinski definition) is 4. The molecule has 1 atom stereocenters. The minimum atomic E-state index is -0.418. The Kier molecular flexibility index (Phi) is 7.04. The summed E-state index contributed by atoms with van der Waals surface area (Å²) in [4.78, 5) is 6.58. The molecule has 1 saturated heterocycles. The van der Waals surface area contributed by atoms with Crippen LogP contribution in [-0.4, -0.2) is 46.4 Å². The topological polar surface area (TPSA) is 58.1 Å². The van der Waals surface area contributed by atoms with Crippen molar-refractivity contribution < 1.29 is 13.9 Å². The van der Waals surface area contributed by atoms with Crippen LogP contribution >= 0.6 is 11.6 Å². The second-order valence-corrected chi connectivity index (χ2v) is 7.23. The molecule has 0 spiro atoms. The van der Waals surface area contributed by atoms with Crippen LogP contribution in [0.15, 0.2) is 41.4 Å². The van der Waals surface area contributed by atoms with Crippen molar-refractivity contribution in [3.8, 4) is 11.5 Å². The molecule has 8 heteroatoms. The Hall–Kier alpha value is -2.67. The van der Waals surface area contributed by atoms with E-state index in [1.165, 1.54) is 6.07 Å². The molecule has 0 aliphatic carbocycles. The highest BCUT2D eigenvalue weighted by molar-refractivity contribution is 6.30. The number of guanidine groups is 1. The molecule has 1 fully saturated rings. The quantitative estimate of drug-likeness (QED) is 0.553. The molecule has 1 unspecified atom stereocenters. The van der Waals surface area contributed by atoms with Gasteiger partial charge in [-0.3, -0.25) is 4.99 Å². The van der Waals surface area contributed by atoms with Crippen LogP contribution in [0.1, 0.15) is 12.0 Å². The summed E-state index contributed by atoms with van der Waals surface area (Å²) >= 11 is 5.85. The molecular weight excluding hydrogens is 395 g/mol. The van der Waals surface area contributed by atoms with Crippen LogP contribution in [0.3, 0.4) is 0 Å². The predicted molar refractivity (Wildman–Crippen MR) is 115 cm³/mol. The Morgan fingerprint density at radius 1 is 1.21 bits per heavy atom. The molecule has 2 N–H and O–H groups in total. The molecule has 0 saturated carbocycles. The Bertz CT molecular complexity index is 856. The molecule has 1 heterocycles. The van der Waals surface area contributed by atoms with Crippen molar-refractivity contribution in [2.24, 2.45) is 4.99 Å². The standard InChI is InChI=1S/C21H26ClFN4O2/c1-24-21(25-12-14-4-5-20(23)19(22)8-14)26-15-6-7-27(13-15)16-9-17(28-2)11-18(10-16)29-3/h4-5,8-11,15H,6-7,12-13H2,1-3H3,(H2,24,25,26). The first kappa shape index (κ1) is 21.0. The van der Waals surface area contributed by atoms with Gasteiger partial charge >= 0.3 is 0 Å². The number of ether oxygens (including phenoxy) is 2. The fraction of sp³-hybridized carbons (Fsp3) is 0.381. The largest absolute Gasteiger partial charge is 0.497 e. The second-order valence-electron chi connectivity index (χ2n) is 6.82. The molecule has 0 aromatic heterocycles. The summed E-state index contributed by atoms with van der Waals surface area (Å²) in [6, 6.07) is 10.8. The monoisotopic (exact) mass is 420 g/mol. The van der Waals surface area contributed by atoms with Crippen molar-refractivity contribution in [3.63, 3.8) is 0 Å². The van der Waals surface area contributed by atoms with Gasteiger partial charge in [0.15, 0.2) is 5.96 Å². The second kappa shape index (κ2) is 9.69. The van der Waals surface area contributed by atoms with Gasteiger partial charge in [-0.05, 0) is 24.1 Å². The van der Waals surface area contributed by atoms with Crippen molar-refractivity contribution in [2.75, 3.05) is 39.3 Å². The van der Waals surface area contributed by atoms with Crippen LogP contribution in [0.25, 0.3) is 0 Å². The van der Waals surface area contributed by atoms with E-state index in [1.54, 1.807) is 33.4 Å². The Labute approximate surface area is 175 Å². The number of rotatable bonds is 6. The van der Waals surface area contributed by atoms with E-state index in [0.717, 1.165) is 42.3 Å². The average molecular weight is 421 g/mol. The molecule has 6 nitrogen and oxygen atoms in total. The zero-order valence-electron chi connectivity index (χ0n) is 16.8. The van der Waals surface area contributed by atoms with Crippen LogP contribution in [0.4, 0.5) is 10.1 Å². The minimum absolute atomic E-state index is 0.118. The van der Waals surface area contributed by atoms with Gasteiger partial charge in [0.1, 0.15) is 17.3 Å². The molecule has 1 aliphatic rings. The third-order valence-electron chi connectivity index (χ3n) is 4.90. The van der Waals surface area contributed by atoms with Gasteiger partial charge < -0.3 is 25.0 Å². The van der Waals surface area contributed by atoms with Gasteiger partial charge in [-0.15, -0.1) is 0 Å². The summed E-state index contributed by atoms with van der Waals surface area (Å²) in [5.74, 6) is 1.82. The molecule has 1 aliphatic heterocycles. The average Bonchev–Trinajstić information content (AvgIpc) is 3.21. The van der Waals surface area contributed by atoms with Crippen LogP contribution in [-0.2, 0) is 6.54 Å². The lowest BCUT2D eigenvalue weighted by Gasteiger charge is -2.21. The lowest BCUT2D eigenvalue weighted by molar-refractivity contribution is 0.394. The summed E-state index contributed by atoms with van der Waals surface area (Å²) in [6.45, 7) is 2.25. The van der Waals surface area contributed by atoms with Crippen molar-refractivity contribution in [1.82, 2.24) is 10.6 Å². The third-order valence-corrected chi connectivity index (χ3v) is 5.19. The zero-order chi connectivity index (χ0) is 20.8. The predicted octanol–water partition coefficient (Wildman–Crippen LogP) is 3.44. The number of anilines is 1. The maximum atomic E-state index is 13.3. The number of halogens is 2. The van der Waals surface area contributed by atoms with Crippen LogP contribution < -0.4 is 25.0 Å². The number of hydrogen-bond donors (Lipinski definition) is 2. The van der Waals surface area contributed by atoms with Crippen molar-refractivity contribution >= 4 is 23.2 Å². The maximum Gasteiger partial charge on any atom is 0.191 e. The summed E-state index contributed by atoms with van der Waals surface area (Å²) < 4.78 is 24.0. The Balaban J connectivity index is 1.57. The van der Waals surface area contributed by atoms with Gasteiger partial charge in [0.2, 0.25) is 0 Å². The molecule has 3 rings (SSSR count). The van der Waals surface area contributed by atoms with Gasteiger partial charge in [-0.25, -0.2) is 4.39 Å². The number of aliphatic imine (C=N–C) groups is 1. The van der Waals surface area contributed by atoms with Crippen LogP contribution in [0.2, 0.25) is 5.02 Å². The fourth-order valence-electron chi connectivity index (χ4n) is 3.31. The molecule has 0 bridgehead atoms. The lowest BCUT2D eigenvalue weighted by Crippen LogP contribution is -2.44. The number of nitrogens with zero attached hydrogens (tertiary/aromatic N) is 2. The summed E-state index contributed by atoms with van der Waals surface area (Å²) in [7, 11) is 5.03. The van der Waals surface area contributed by atoms with Gasteiger partial charge in [0.05, 0.1) is 19.2 Å².